The van der Waals surface area contributed by atoms with E-state index in [0.717, 1.165) is 13.0 Å². The fourth-order valence-corrected chi connectivity index (χ4v) is 5.57. The number of anilines is 1. The Kier molecular flexibility index (Phi) is 5.08. The van der Waals surface area contributed by atoms with Crippen LogP contribution < -0.4 is 5.32 Å². The van der Waals surface area contributed by atoms with E-state index >= 15 is 0 Å². The first-order valence-corrected chi connectivity index (χ1v) is 10.9. The number of hydrogen-bond acceptors (Lipinski definition) is 2. The van der Waals surface area contributed by atoms with Crippen LogP contribution in [0.1, 0.15) is 49.3 Å². The lowest BCUT2D eigenvalue weighted by molar-refractivity contribution is 0.377. The molecule has 2 aliphatic heterocycles. The number of para-hydroxylation sites is 1. The first kappa shape index (κ1) is 17.7. The molecule has 0 unspecified atom stereocenters. The summed E-state index contributed by atoms with van der Waals surface area (Å²) in [5.41, 5.74) is 5.66. The topological polar surface area (TPSA) is 24.4 Å². The number of nitrogens with one attached hydrogen (secondary N) is 1. The van der Waals surface area contributed by atoms with Gasteiger partial charge in [0.05, 0.1) is 6.54 Å². The molecule has 2 nitrogen and oxygen atoms in total. The highest BCUT2D eigenvalue weighted by Gasteiger charge is 2.41. The summed E-state index contributed by atoms with van der Waals surface area (Å²) in [6.45, 7) is 5.30. The molecule has 2 aromatic carbocycles. The Bertz CT molecular complexity index is 803. The number of thioether (sulfide) groups is 1. The number of aliphatic imine (C=N–C) groups is 1. The van der Waals surface area contributed by atoms with Gasteiger partial charge in [-0.25, -0.2) is 0 Å². The second-order valence-corrected chi connectivity index (χ2v) is 9.09. The lowest BCUT2D eigenvalue weighted by Crippen LogP contribution is -2.44. The fraction of sp³-hybridized carbons (Fsp3) is 0.435. The Labute approximate surface area is 161 Å². The van der Waals surface area contributed by atoms with Crippen LogP contribution in [-0.4, -0.2) is 17.3 Å². The summed E-state index contributed by atoms with van der Waals surface area (Å²) < 4.78 is 0. The second kappa shape index (κ2) is 7.48. The van der Waals surface area contributed by atoms with Crippen molar-refractivity contribution in [2.75, 3.05) is 16.8 Å². The molecule has 26 heavy (non-hydrogen) atoms. The van der Waals surface area contributed by atoms with E-state index in [-0.39, 0.29) is 5.41 Å². The molecule has 136 valence electrons. The van der Waals surface area contributed by atoms with Gasteiger partial charge in [-0.3, -0.25) is 4.99 Å². The molecule has 0 atom stereocenters. The zero-order valence-corrected chi connectivity index (χ0v) is 16.6. The molecule has 1 fully saturated rings. The van der Waals surface area contributed by atoms with E-state index in [9.17, 15) is 0 Å². The summed E-state index contributed by atoms with van der Waals surface area (Å²) in [6.07, 6.45) is 3.58. The van der Waals surface area contributed by atoms with Gasteiger partial charge in [-0.15, -0.1) is 0 Å². The third-order valence-corrected chi connectivity index (χ3v) is 6.82. The highest BCUT2D eigenvalue weighted by molar-refractivity contribution is 7.99. The number of fused-ring (bicyclic) bond motifs is 1. The predicted octanol–water partition coefficient (Wildman–Crippen LogP) is 5.89. The third kappa shape index (κ3) is 3.42. The predicted molar refractivity (Wildman–Crippen MR) is 114 cm³/mol. The van der Waals surface area contributed by atoms with E-state index in [1.165, 1.54) is 52.6 Å². The molecule has 1 saturated heterocycles. The van der Waals surface area contributed by atoms with Crippen molar-refractivity contribution >= 4 is 23.3 Å². The van der Waals surface area contributed by atoms with Gasteiger partial charge in [-0.2, -0.15) is 11.8 Å². The third-order valence-electron chi connectivity index (χ3n) is 5.84. The van der Waals surface area contributed by atoms with Gasteiger partial charge in [0.2, 0.25) is 0 Å². The normalized spacial score (nSPS) is 20.2. The molecule has 2 heterocycles. The first-order valence-electron chi connectivity index (χ1n) is 9.73. The maximum absolute atomic E-state index is 5.17. The summed E-state index contributed by atoms with van der Waals surface area (Å²) >= 11 is 2.08. The lowest BCUT2D eigenvalue weighted by atomic mass is 9.73. The van der Waals surface area contributed by atoms with Crippen LogP contribution in [0.15, 0.2) is 53.5 Å². The van der Waals surface area contributed by atoms with Gasteiger partial charge in [0.1, 0.15) is 5.84 Å². The van der Waals surface area contributed by atoms with Crippen LogP contribution in [0.25, 0.3) is 0 Å². The molecule has 2 aliphatic rings. The molecule has 0 radical (unpaired) electrons. The molecular formula is C23H28N2S. The van der Waals surface area contributed by atoms with Gasteiger partial charge >= 0.3 is 0 Å². The SMILES string of the molecule is CC(C)c1ccccc1CN=C1Nc2ccccc2CC12CCSCC2. The van der Waals surface area contributed by atoms with Crippen LogP contribution in [0.3, 0.4) is 0 Å². The Morgan fingerprint density at radius 1 is 1.04 bits per heavy atom. The van der Waals surface area contributed by atoms with Crippen molar-refractivity contribution in [1.82, 2.24) is 0 Å². The van der Waals surface area contributed by atoms with Crippen LogP contribution in [0.5, 0.6) is 0 Å². The van der Waals surface area contributed by atoms with Crippen molar-refractivity contribution in [3.63, 3.8) is 0 Å². The minimum absolute atomic E-state index is 0.201. The van der Waals surface area contributed by atoms with Crippen LogP contribution in [0, 0.1) is 5.41 Å². The highest BCUT2D eigenvalue weighted by atomic mass is 32.2. The molecule has 2 aromatic rings. The zero-order chi connectivity index (χ0) is 18.0. The molecule has 0 bridgehead atoms. The second-order valence-electron chi connectivity index (χ2n) is 7.87. The van der Waals surface area contributed by atoms with E-state index < -0.39 is 0 Å². The van der Waals surface area contributed by atoms with Crippen molar-refractivity contribution in [2.24, 2.45) is 10.4 Å². The number of rotatable bonds is 3. The monoisotopic (exact) mass is 364 g/mol. The summed E-state index contributed by atoms with van der Waals surface area (Å²) in [4.78, 5) is 5.17. The Hall–Kier alpha value is -1.74. The minimum atomic E-state index is 0.201. The van der Waals surface area contributed by atoms with Crippen molar-refractivity contribution in [2.45, 2.75) is 45.6 Å². The smallest absolute Gasteiger partial charge is 0.108 e. The summed E-state index contributed by atoms with van der Waals surface area (Å²) in [5, 5.41) is 3.72. The van der Waals surface area contributed by atoms with Gasteiger partial charge in [0, 0.05) is 11.1 Å². The molecular weight excluding hydrogens is 336 g/mol. The largest absolute Gasteiger partial charge is 0.343 e. The standard InChI is InChI=1S/C23H28N2S/c1-17(2)20-9-5-3-8-19(20)16-24-22-23(11-13-26-14-12-23)15-18-7-4-6-10-21(18)25-22/h3-10,17H,11-16H2,1-2H3,(H,24,25). The van der Waals surface area contributed by atoms with Gasteiger partial charge in [0.15, 0.2) is 0 Å². The van der Waals surface area contributed by atoms with Crippen molar-refractivity contribution in [1.29, 1.82) is 0 Å². The summed E-state index contributed by atoms with van der Waals surface area (Å²) in [5.74, 6) is 4.23. The molecule has 4 rings (SSSR count). The molecule has 0 aliphatic carbocycles. The molecule has 0 aromatic heterocycles. The zero-order valence-electron chi connectivity index (χ0n) is 15.8. The van der Waals surface area contributed by atoms with Crippen molar-refractivity contribution in [3.05, 3.63) is 65.2 Å². The molecule has 1 N–H and O–H groups in total. The minimum Gasteiger partial charge on any atom is -0.343 e. The first-order chi connectivity index (χ1) is 12.7. The van der Waals surface area contributed by atoms with Crippen LogP contribution in [0.4, 0.5) is 5.69 Å². The maximum atomic E-state index is 5.17. The number of nitrogens with zero attached hydrogens (tertiary/aromatic N) is 1. The fourth-order valence-electron chi connectivity index (χ4n) is 4.29. The Morgan fingerprint density at radius 3 is 2.58 bits per heavy atom. The van der Waals surface area contributed by atoms with E-state index in [2.05, 4.69) is 79.5 Å². The van der Waals surface area contributed by atoms with Gasteiger partial charge in [-0.05, 0) is 59.4 Å². The van der Waals surface area contributed by atoms with Crippen molar-refractivity contribution in [3.8, 4) is 0 Å². The summed E-state index contributed by atoms with van der Waals surface area (Å²) in [6, 6.07) is 17.5. The molecule has 0 amide bonds. The molecule has 1 spiro atoms. The molecule has 0 saturated carbocycles. The molecule has 3 heteroatoms. The highest BCUT2D eigenvalue weighted by Crippen LogP contribution is 2.44. The Balaban J connectivity index is 1.68. The van der Waals surface area contributed by atoms with E-state index in [1.807, 2.05) is 0 Å². The average molecular weight is 365 g/mol. The van der Waals surface area contributed by atoms with Crippen LogP contribution in [0.2, 0.25) is 0 Å². The average Bonchev–Trinajstić information content (AvgIpc) is 2.67. The van der Waals surface area contributed by atoms with Crippen LogP contribution >= 0.6 is 11.8 Å². The number of benzene rings is 2. The maximum Gasteiger partial charge on any atom is 0.108 e. The van der Waals surface area contributed by atoms with Gasteiger partial charge < -0.3 is 5.32 Å². The summed E-state index contributed by atoms with van der Waals surface area (Å²) in [7, 11) is 0. The quantitative estimate of drug-likeness (QED) is 0.734. The van der Waals surface area contributed by atoms with Crippen LogP contribution in [-0.2, 0) is 13.0 Å². The lowest BCUT2D eigenvalue weighted by Gasteiger charge is -2.42. The van der Waals surface area contributed by atoms with E-state index in [1.54, 1.807) is 0 Å². The number of amidine groups is 1. The van der Waals surface area contributed by atoms with Gasteiger partial charge in [0.25, 0.3) is 0 Å². The van der Waals surface area contributed by atoms with Crippen molar-refractivity contribution < 1.29 is 0 Å². The number of hydrogen-bond donors (Lipinski definition) is 1. The Morgan fingerprint density at radius 2 is 1.77 bits per heavy atom. The van der Waals surface area contributed by atoms with Gasteiger partial charge in [-0.1, -0.05) is 56.3 Å². The van der Waals surface area contributed by atoms with E-state index in [0.29, 0.717) is 5.92 Å². The van der Waals surface area contributed by atoms with E-state index in [4.69, 9.17) is 4.99 Å².